The van der Waals surface area contributed by atoms with Crippen molar-refractivity contribution in [2.24, 2.45) is 0 Å². The van der Waals surface area contributed by atoms with E-state index in [0.717, 1.165) is 29.6 Å². The molecule has 0 bridgehead atoms. The van der Waals surface area contributed by atoms with E-state index in [1.165, 1.54) is 11.6 Å². The lowest BCUT2D eigenvalue weighted by Crippen LogP contribution is -2.01. The van der Waals surface area contributed by atoms with E-state index in [1.54, 1.807) is 16.8 Å². The molecule has 2 aromatic rings. The van der Waals surface area contributed by atoms with E-state index in [1.807, 2.05) is 6.07 Å². The first kappa shape index (κ1) is 10.0. The number of benzene rings is 1. The lowest BCUT2D eigenvalue weighted by Gasteiger charge is -2.05. The van der Waals surface area contributed by atoms with Gasteiger partial charge in [-0.2, -0.15) is 5.10 Å². The van der Waals surface area contributed by atoms with Gasteiger partial charge in [-0.3, -0.25) is 0 Å². The normalized spacial score (nSPS) is 14.1. The Bertz CT molecular complexity index is 548. The first-order valence-corrected chi connectivity index (χ1v) is 6.08. The summed E-state index contributed by atoms with van der Waals surface area (Å²) in [4.78, 5) is 0. The van der Waals surface area contributed by atoms with Crippen LogP contribution in [0.3, 0.4) is 0 Å². The van der Waals surface area contributed by atoms with Gasteiger partial charge in [-0.05, 0) is 47.3 Å². The molecule has 0 saturated heterocycles. The van der Waals surface area contributed by atoms with Crippen LogP contribution < -0.4 is 0 Å². The number of halogens is 2. The molecule has 1 aromatic carbocycles. The summed E-state index contributed by atoms with van der Waals surface area (Å²) in [6.07, 6.45) is 3.17. The summed E-state index contributed by atoms with van der Waals surface area (Å²) in [6, 6.07) is 6.69. The van der Waals surface area contributed by atoms with Gasteiger partial charge in [0.25, 0.3) is 0 Å². The van der Waals surface area contributed by atoms with Gasteiger partial charge in [0.2, 0.25) is 0 Å². The third-order valence-electron chi connectivity index (χ3n) is 2.93. The number of aryl methyl sites for hydroxylation is 1. The minimum Gasteiger partial charge on any atom is -0.223 e. The standard InChI is InChI=1S/C12H10BrFN2/c13-12-8-4-3-6-10(8)15-16(12)11-7-2-1-5-9(11)14/h1-2,5,7H,3-4,6H2. The molecule has 2 nitrogen and oxygen atoms in total. The predicted octanol–water partition coefficient (Wildman–Crippen LogP) is 3.26. The van der Waals surface area contributed by atoms with E-state index in [2.05, 4.69) is 21.0 Å². The molecule has 1 heterocycles. The Morgan fingerprint density at radius 2 is 2.06 bits per heavy atom. The molecule has 0 spiro atoms. The summed E-state index contributed by atoms with van der Waals surface area (Å²) in [7, 11) is 0. The number of hydrogen-bond donors (Lipinski definition) is 0. The number of fused-ring (bicyclic) bond motifs is 1. The number of rotatable bonds is 1. The van der Waals surface area contributed by atoms with Crippen molar-refractivity contribution in [2.45, 2.75) is 19.3 Å². The highest BCUT2D eigenvalue weighted by Gasteiger charge is 2.22. The van der Waals surface area contributed by atoms with E-state index >= 15 is 0 Å². The summed E-state index contributed by atoms with van der Waals surface area (Å²) in [5.74, 6) is -0.246. The molecule has 1 aliphatic rings. The highest BCUT2D eigenvalue weighted by molar-refractivity contribution is 9.10. The minimum atomic E-state index is -0.246. The van der Waals surface area contributed by atoms with Crippen LogP contribution in [0.2, 0.25) is 0 Å². The molecule has 1 aliphatic carbocycles. The number of nitrogens with zero attached hydrogens (tertiary/aromatic N) is 2. The molecule has 0 aliphatic heterocycles. The lowest BCUT2D eigenvalue weighted by molar-refractivity contribution is 0.607. The molecule has 0 saturated carbocycles. The monoisotopic (exact) mass is 280 g/mol. The lowest BCUT2D eigenvalue weighted by atomic mass is 10.3. The van der Waals surface area contributed by atoms with E-state index in [0.29, 0.717) is 5.69 Å². The van der Waals surface area contributed by atoms with Gasteiger partial charge in [0, 0.05) is 5.56 Å². The Kier molecular flexibility index (Phi) is 2.32. The fourth-order valence-corrected chi connectivity index (χ4v) is 2.83. The van der Waals surface area contributed by atoms with Crippen LogP contribution in [-0.4, -0.2) is 9.78 Å². The molecule has 82 valence electrons. The van der Waals surface area contributed by atoms with Crippen molar-refractivity contribution in [3.8, 4) is 5.69 Å². The molecule has 0 amide bonds. The van der Waals surface area contributed by atoms with Gasteiger partial charge in [-0.1, -0.05) is 12.1 Å². The van der Waals surface area contributed by atoms with Crippen molar-refractivity contribution in [1.29, 1.82) is 0 Å². The quantitative estimate of drug-likeness (QED) is 0.784. The smallest absolute Gasteiger partial charge is 0.148 e. The van der Waals surface area contributed by atoms with Crippen molar-refractivity contribution in [3.63, 3.8) is 0 Å². The summed E-state index contributed by atoms with van der Waals surface area (Å²) < 4.78 is 16.2. The fourth-order valence-electron chi connectivity index (χ4n) is 2.14. The van der Waals surface area contributed by atoms with Crippen molar-refractivity contribution < 1.29 is 4.39 Å². The first-order chi connectivity index (χ1) is 7.77. The van der Waals surface area contributed by atoms with Gasteiger partial charge in [-0.25, -0.2) is 9.07 Å². The SMILES string of the molecule is Fc1ccccc1-n1nc2c(c1Br)CCC2. The number of para-hydroxylation sites is 1. The molecule has 1 aromatic heterocycles. The van der Waals surface area contributed by atoms with Crippen LogP contribution in [0.4, 0.5) is 4.39 Å². The Balaban J connectivity index is 2.18. The second-order valence-corrected chi connectivity index (χ2v) is 4.68. The summed E-state index contributed by atoms with van der Waals surface area (Å²) in [5.41, 5.74) is 2.82. The molecule has 0 unspecified atom stereocenters. The van der Waals surface area contributed by atoms with Gasteiger partial charge < -0.3 is 0 Å². The Hall–Kier alpha value is -1.16. The Labute approximate surface area is 101 Å². The van der Waals surface area contributed by atoms with Crippen LogP contribution in [0.5, 0.6) is 0 Å². The van der Waals surface area contributed by atoms with Gasteiger partial charge >= 0.3 is 0 Å². The van der Waals surface area contributed by atoms with Crippen LogP contribution in [0.1, 0.15) is 17.7 Å². The van der Waals surface area contributed by atoms with E-state index in [-0.39, 0.29) is 5.82 Å². The van der Waals surface area contributed by atoms with Crippen LogP contribution >= 0.6 is 15.9 Å². The van der Waals surface area contributed by atoms with E-state index in [9.17, 15) is 4.39 Å². The summed E-state index contributed by atoms with van der Waals surface area (Å²) >= 11 is 3.51. The maximum absolute atomic E-state index is 13.6. The zero-order valence-corrected chi connectivity index (χ0v) is 10.2. The van der Waals surface area contributed by atoms with E-state index in [4.69, 9.17) is 0 Å². The van der Waals surface area contributed by atoms with Crippen molar-refractivity contribution in [2.75, 3.05) is 0 Å². The van der Waals surface area contributed by atoms with Crippen LogP contribution in [-0.2, 0) is 12.8 Å². The highest BCUT2D eigenvalue weighted by Crippen LogP contribution is 2.31. The van der Waals surface area contributed by atoms with Gasteiger partial charge in [0.1, 0.15) is 16.1 Å². The second-order valence-electron chi connectivity index (χ2n) is 3.93. The second kappa shape index (κ2) is 3.70. The van der Waals surface area contributed by atoms with Crippen molar-refractivity contribution in [1.82, 2.24) is 9.78 Å². The van der Waals surface area contributed by atoms with E-state index < -0.39 is 0 Å². The maximum Gasteiger partial charge on any atom is 0.148 e. The van der Waals surface area contributed by atoms with Gasteiger partial charge in [0.05, 0.1) is 5.69 Å². The average molecular weight is 281 g/mol. The third-order valence-corrected chi connectivity index (χ3v) is 3.74. The molecule has 4 heteroatoms. The van der Waals surface area contributed by atoms with Gasteiger partial charge in [0.15, 0.2) is 0 Å². The average Bonchev–Trinajstić information content (AvgIpc) is 2.83. The number of aromatic nitrogens is 2. The zero-order valence-electron chi connectivity index (χ0n) is 8.58. The fraction of sp³-hybridized carbons (Fsp3) is 0.250. The van der Waals surface area contributed by atoms with Crippen LogP contribution in [0.25, 0.3) is 5.69 Å². The molecular weight excluding hydrogens is 271 g/mol. The molecular formula is C12H10BrFN2. The summed E-state index contributed by atoms with van der Waals surface area (Å²) in [6.45, 7) is 0. The maximum atomic E-state index is 13.6. The first-order valence-electron chi connectivity index (χ1n) is 5.28. The minimum absolute atomic E-state index is 0.246. The predicted molar refractivity (Wildman–Crippen MR) is 63.2 cm³/mol. The van der Waals surface area contributed by atoms with Crippen LogP contribution in [0, 0.1) is 5.82 Å². The zero-order chi connectivity index (χ0) is 11.1. The molecule has 0 radical (unpaired) electrons. The van der Waals surface area contributed by atoms with Crippen molar-refractivity contribution in [3.05, 3.63) is 45.9 Å². The Morgan fingerprint density at radius 3 is 2.81 bits per heavy atom. The summed E-state index contributed by atoms with van der Waals surface area (Å²) in [5, 5.41) is 4.45. The van der Waals surface area contributed by atoms with Crippen molar-refractivity contribution >= 4 is 15.9 Å². The highest BCUT2D eigenvalue weighted by atomic mass is 79.9. The Morgan fingerprint density at radius 1 is 1.25 bits per heavy atom. The third kappa shape index (κ3) is 1.40. The molecule has 16 heavy (non-hydrogen) atoms. The molecule has 0 atom stereocenters. The van der Waals surface area contributed by atoms with Crippen LogP contribution in [0.15, 0.2) is 28.9 Å². The molecule has 0 N–H and O–H groups in total. The number of hydrogen-bond acceptors (Lipinski definition) is 1. The largest absolute Gasteiger partial charge is 0.223 e. The molecule has 3 rings (SSSR count). The van der Waals surface area contributed by atoms with Gasteiger partial charge in [-0.15, -0.1) is 0 Å². The topological polar surface area (TPSA) is 17.8 Å². The molecule has 0 fully saturated rings.